The molecule has 11 rings (SSSR count). The number of aromatic nitrogens is 5. The lowest BCUT2D eigenvalue weighted by Crippen LogP contribution is -2.17. The zero-order chi connectivity index (χ0) is 36.5. The van der Waals surface area contributed by atoms with Gasteiger partial charge in [0, 0.05) is 49.9 Å². The van der Waals surface area contributed by atoms with E-state index in [2.05, 4.69) is 121 Å². The molecule has 0 amide bonds. The van der Waals surface area contributed by atoms with E-state index in [0.717, 1.165) is 60.9 Å². The fraction of sp³-hybridized carbons (Fsp3) is 0. The van der Waals surface area contributed by atoms with Gasteiger partial charge in [-0.2, -0.15) is 4.99 Å². The summed E-state index contributed by atoms with van der Waals surface area (Å²) in [5.41, 5.74) is 10.5. The molecule has 0 spiro atoms. The van der Waals surface area contributed by atoms with E-state index in [1.165, 1.54) is 27.1 Å². The largest absolute Gasteiger partial charge is 0.323 e. The van der Waals surface area contributed by atoms with Crippen LogP contribution in [0.5, 0.6) is 0 Å². The van der Waals surface area contributed by atoms with E-state index in [9.17, 15) is 0 Å². The maximum Gasteiger partial charge on any atom is 0.229 e. The Bertz CT molecular complexity index is 3390. The van der Waals surface area contributed by atoms with Crippen molar-refractivity contribution in [2.75, 3.05) is 0 Å². The smallest absolute Gasteiger partial charge is 0.229 e. The molecule has 11 aromatic rings. The second-order valence-electron chi connectivity index (χ2n) is 13.8. The van der Waals surface area contributed by atoms with Crippen molar-refractivity contribution in [1.29, 1.82) is 5.41 Å². The summed E-state index contributed by atoms with van der Waals surface area (Å²) in [6.45, 7) is 0. The molecule has 0 fully saturated rings. The summed E-state index contributed by atoms with van der Waals surface area (Å²) in [5.74, 6) is 0.138. The molecule has 7 heteroatoms. The normalized spacial score (nSPS) is 12.2. The molecule has 0 atom stereocenters. The van der Waals surface area contributed by atoms with Crippen LogP contribution in [0, 0.1) is 5.41 Å². The Morgan fingerprint density at radius 1 is 0.564 bits per heavy atom. The molecule has 0 radical (unpaired) electrons. The lowest BCUT2D eigenvalue weighted by atomic mass is 10.1. The van der Waals surface area contributed by atoms with Gasteiger partial charge in [0.1, 0.15) is 0 Å². The Morgan fingerprint density at radius 2 is 1.29 bits per heavy atom. The first-order chi connectivity index (χ1) is 27.2. The summed E-state index contributed by atoms with van der Waals surface area (Å²) < 4.78 is 4.72. The Balaban J connectivity index is 1.06. The van der Waals surface area contributed by atoms with Crippen LogP contribution in [0.25, 0.3) is 87.9 Å². The van der Waals surface area contributed by atoms with E-state index in [1.807, 2.05) is 79.1 Å². The molecule has 2 N–H and O–H groups in total. The van der Waals surface area contributed by atoms with Gasteiger partial charge < -0.3 is 14.1 Å². The quantitative estimate of drug-likeness (QED) is 0.141. The monoisotopic (exact) mass is 705 g/mol. The van der Waals surface area contributed by atoms with Crippen LogP contribution in [0.15, 0.2) is 181 Å². The predicted octanol–water partition coefficient (Wildman–Crippen LogP) is 10.9. The van der Waals surface area contributed by atoms with Crippen molar-refractivity contribution in [2.45, 2.75) is 0 Å². The standard InChI is InChI=1S/C48H31N7/c49-47(53-48-51-40-17-7-4-15-38(40)45(52-48)30-11-2-1-3-12-30)33-21-20-32-28-34(23-22-31(32)27-33)55-41-18-8-5-14-36(41)37-24-25-43-44(46(37)55)39-16-6-9-19-42(39)54(43)35-13-10-26-50-29-35/h1-29H,(H2,49,51,52,53). The van der Waals surface area contributed by atoms with E-state index < -0.39 is 0 Å². The Kier molecular flexibility index (Phi) is 6.87. The molecular weight excluding hydrogens is 675 g/mol. The molecule has 0 aliphatic rings. The molecule has 258 valence electrons. The SMILES string of the molecule is N=C(/N=c1/nc(-c2ccccc2)c2ccccc2[nH]1)c1ccc2cc(-n3c4ccccc4c4ccc5c(c6ccccc6n5-c5cccnc5)c43)ccc2c1. The molecule has 0 saturated carbocycles. The number of amidine groups is 1. The van der Waals surface area contributed by atoms with Crippen LogP contribution in [-0.2, 0) is 0 Å². The first-order valence-corrected chi connectivity index (χ1v) is 18.3. The third-order valence-corrected chi connectivity index (χ3v) is 10.6. The maximum atomic E-state index is 9.03. The van der Waals surface area contributed by atoms with Gasteiger partial charge in [0.15, 0.2) is 5.84 Å². The van der Waals surface area contributed by atoms with Crippen molar-refractivity contribution in [3.05, 3.63) is 187 Å². The van der Waals surface area contributed by atoms with E-state index in [-0.39, 0.29) is 5.84 Å². The van der Waals surface area contributed by atoms with Crippen molar-refractivity contribution < 1.29 is 0 Å². The van der Waals surface area contributed by atoms with Gasteiger partial charge >= 0.3 is 0 Å². The number of H-pyrrole nitrogens is 1. The molecule has 4 heterocycles. The van der Waals surface area contributed by atoms with Gasteiger partial charge in [0.05, 0.1) is 45.2 Å². The van der Waals surface area contributed by atoms with Gasteiger partial charge in [-0.3, -0.25) is 10.4 Å². The van der Waals surface area contributed by atoms with E-state index in [4.69, 9.17) is 10.4 Å². The highest BCUT2D eigenvalue weighted by Gasteiger charge is 2.21. The third kappa shape index (κ3) is 4.91. The average molecular weight is 706 g/mol. The summed E-state index contributed by atoms with van der Waals surface area (Å²) in [5, 5.41) is 16.9. The highest BCUT2D eigenvalue weighted by Crippen LogP contribution is 2.42. The fourth-order valence-electron chi connectivity index (χ4n) is 8.21. The van der Waals surface area contributed by atoms with Crippen LogP contribution in [0.1, 0.15) is 5.56 Å². The van der Waals surface area contributed by atoms with Crippen LogP contribution >= 0.6 is 0 Å². The molecule has 0 aliphatic heterocycles. The number of hydrogen-bond donors (Lipinski definition) is 2. The first-order valence-electron chi connectivity index (χ1n) is 18.3. The summed E-state index contributed by atoms with van der Waals surface area (Å²) in [7, 11) is 0. The second-order valence-corrected chi connectivity index (χ2v) is 13.8. The number of para-hydroxylation sites is 3. The third-order valence-electron chi connectivity index (χ3n) is 10.6. The van der Waals surface area contributed by atoms with Gasteiger partial charge in [0.25, 0.3) is 0 Å². The first kappa shape index (κ1) is 30.9. The summed E-state index contributed by atoms with van der Waals surface area (Å²) in [6.07, 6.45) is 3.74. The zero-order valence-corrected chi connectivity index (χ0v) is 29.5. The summed E-state index contributed by atoms with van der Waals surface area (Å²) in [6, 6.07) is 56.7. The Hall–Kier alpha value is -7.64. The summed E-state index contributed by atoms with van der Waals surface area (Å²) in [4.78, 5) is 17.4. The number of aromatic amines is 1. The molecule has 0 bridgehead atoms. The number of nitrogens with one attached hydrogen (secondary N) is 2. The van der Waals surface area contributed by atoms with Gasteiger partial charge in [-0.15, -0.1) is 0 Å². The van der Waals surface area contributed by atoms with Crippen molar-refractivity contribution in [3.63, 3.8) is 0 Å². The molecule has 0 saturated heterocycles. The van der Waals surface area contributed by atoms with Gasteiger partial charge in [0.2, 0.25) is 5.62 Å². The number of rotatable bonds is 4. The van der Waals surface area contributed by atoms with Crippen LogP contribution in [0.4, 0.5) is 0 Å². The highest BCUT2D eigenvalue weighted by atomic mass is 15.0. The lowest BCUT2D eigenvalue weighted by molar-refractivity contribution is 1.05. The van der Waals surface area contributed by atoms with E-state index >= 15 is 0 Å². The lowest BCUT2D eigenvalue weighted by Gasteiger charge is -2.11. The van der Waals surface area contributed by atoms with Crippen molar-refractivity contribution in [1.82, 2.24) is 24.1 Å². The number of nitrogens with zero attached hydrogens (tertiary/aromatic N) is 5. The number of pyridine rings is 1. The Labute approximate surface area is 314 Å². The topological polar surface area (TPSA) is 87.6 Å². The highest BCUT2D eigenvalue weighted by molar-refractivity contribution is 6.26. The van der Waals surface area contributed by atoms with Gasteiger partial charge in [-0.25, -0.2) is 4.98 Å². The van der Waals surface area contributed by atoms with Crippen LogP contribution < -0.4 is 5.62 Å². The molecule has 4 aromatic heterocycles. The average Bonchev–Trinajstić information content (AvgIpc) is 3.76. The maximum absolute atomic E-state index is 9.03. The van der Waals surface area contributed by atoms with Crippen molar-refractivity contribution >= 4 is 71.1 Å². The summed E-state index contributed by atoms with van der Waals surface area (Å²) >= 11 is 0. The minimum absolute atomic E-state index is 0.138. The molecule has 7 nitrogen and oxygen atoms in total. The van der Waals surface area contributed by atoms with Crippen molar-refractivity contribution in [2.24, 2.45) is 4.99 Å². The zero-order valence-electron chi connectivity index (χ0n) is 29.5. The van der Waals surface area contributed by atoms with Crippen LogP contribution in [-0.4, -0.2) is 29.9 Å². The van der Waals surface area contributed by atoms with E-state index in [1.54, 1.807) is 0 Å². The minimum Gasteiger partial charge on any atom is -0.323 e. The Morgan fingerprint density at radius 3 is 2.13 bits per heavy atom. The molecular formula is C48H31N7. The van der Waals surface area contributed by atoms with Gasteiger partial charge in [-0.1, -0.05) is 109 Å². The molecule has 55 heavy (non-hydrogen) atoms. The minimum atomic E-state index is 0.138. The van der Waals surface area contributed by atoms with Crippen molar-refractivity contribution in [3.8, 4) is 22.6 Å². The number of hydrogen-bond acceptors (Lipinski definition) is 3. The van der Waals surface area contributed by atoms with Gasteiger partial charge in [-0.05, 0) is 65.4 Å². The van der Waals surface area contributed by atoms with E-state index in [0.29, 0.717) is 11.2 Å². The second kappa shape index (κ2) is 12.2. The van der Waals surface area contributed by atoms with Crippen LogP contribution in [0.3, 0.4) is 0 Å². The molecule has 0 aliphatic carbocycles. The molecule has 7 aromatic carbocycles. The predicted molar refractivity (Wildman–Crippen MR) is 224 cm³/mol. The number of fused-ring (bicyclic) bond motifs is 9. The molecule has 0 unspecified atom stereocenters. The van der Waals surface area contributed by atoms with Crippen LogP contribution in [0.2, 0.25) is 0 Å². The number of benzene rings is 7. The fourth-order valence-corrected chi connectivity index (χ4v) is 8.21.